The smallest absolute Gasteiger partial charge is 0.270 e. The number of anilines is 2. The monoisotopic (exact) mass is 633 g/mol. The quantitative estimate of drug-likeness (QED) is 0.207. The van der Waals surface area contributed by atoms with Gasteiger partial charge in [0.05, 0.1) is 25.8 Å². The molecule has 48 heavy (non-hydrogen) atoms. The maximum atomic E-state index is 14.5. The first-order valence-electron chi connectivity index (χ1n) is 16.3. The molecular formula is C40H35N5O3. The topological polar surface area (TPSA) is 70.9 Å². The second-order valence-electron chi connectivity index (χ2n) is 12.2. The van der Waals surface area contributed by atoms with Gasteiger partial charge >= 0.3 is 0 Å². The lowest BCUT2D eigenvalue weighted by Gasteiger charge is -2.35. The number of hydrogen-bond donors (Lipinski definition) is 0. The summed E-state index contributed by atoms with van der Waals surface area (Å²) in [5, 5.41) is 2.30. The van der Waals surface area contributed by atoms with Gasteiger partial charge in [-0.15, -0.1) is 0 Å². The molecule has 6 aromatic rings. The summed E-state index contributed by atoms with van der Waals surface area (Å²) in [5.41, 5.74) is 5.89. The fourth-order valence-electron chi connectivity index (χ4n) is 7.03. The molecule has 8 nitrogen and oxygen atoms in total. The van der Waals surface area contributed by atoms with Crippen molar-refractivity contribution in [3.05, 3.63) is 144 Å². The summed E-state index contributed by atoms with van der Waals surface area (Å²) in [6.45, 7) is 3.50. The highest BCUT2D eigenvalue weighted by Crippen LogP contribution is 2.36. The molecule has 1 saturated heterocycles. The molecule has 2 amide bonds. The molecule has 1 fully saturated rings. The van der Waals surface area contributed by atoms with Gasteiger partial charge in [-0.1, -0.05) is 72.8 Å². The molecule has 0 bridgehead atoms. The summed E-state index contributed by atoms with van der Waals surface area (Å²) < 4.78 is 7.92. The van der Waals surface area contributed by atoms with Gasteiger partial charge in [-0.25, -0.2) is 4.98 Å². The van der Waals surface area contributed by atoms with Crippen molar-refractivity contribution in [3.8, 4) is 16.9 Å². The average Bonchev–Trinajstić information content (AvgIpc) is 3.46. The number of benzene rings is 4. The summed E-state index contributed by atoms with van der Waals surface area (Å²) in [6, 6.07) is 38.1. The van der Waals surface area contributed by atoms with Crippen molar-refractivity contribution < 1.29 is 14.3 Å². The second kappa shape index (κ2) is 12.4. The number of carbonyl (C=O) groups is 2. The van der Waals surface area contributed by atoms with E-state index in [1.54, 1.807) is 13.3 Å². The Labute approximate surface area is 279 Å². The minimum atomic E-state index is -0.156. The van der Waals surface area contributed by atoms with Crippen molar-refractivity contribution in [2.45, 2.75) is 13.1 Å². The molecule has 0 atom stereocenters. The molecule has 0 unspecified atom stereocenters. The van der Waals surface area contributed by atoms with Crippen molar-refractivity contribution in [2.75, 3.05) is 43.1 Å². The van der Waals surface area contributed by atoms with Gasteiger partial charge in [0.1, 0.15) is 17.3 Å². The number of pyridine rings is 1. The molecule has 8 rings (SSSR count). The summed E-state index contributed by atoms with van der Waals surface area (Å²) in [7, 11) is 1.61. The van der Waals surface area contributed by atoms with E-state index >= 15 is 0 Å². The van der Waals surface area contributed by atoms with E-state index in [1.165, 1.54) is 0 Å². The van der Waals surface area contributed by atoms with Crippen LogP contribution >= 0.6 is 0 Å². The van der Waals surface area contributed by atoms with E-state index in [0.29, 0.717) is 43.2 Å². The molecule has 2 aliphatic rings. The maximum absolute atomic E-state index is 14.5. The van der Waals surface area contributed by atoms with E-state index in [-0.39, 0.29) is 11.8 Å². The van der Waals surface area contributed by atoms with Crippen molar-refractivity contribution in [2.24, 2.45) is 0 Å². The molecule has 0 aliphatic carbocycles. The molecule has 8 heteroatoms. The van der Waals surface area contributed by atoms with Crippen LogP contribution < -0.4 is 14.5 Å². The van der Waals surface area contributed by atoms with Crippen LogP contribution in [0.4, 0.5) is 11.5 Å². The summed E-state index contributed by atoms with van der Waals surface area (Å²) in [6.07, 6.45) is 1.80. The highest BCUT2D eigenvalue weighted by molar-refractivity contribution is 6.09. The SMILES string of the molecule is COc1cc(-c2cccc3ccccc23)ccc1C(=O)N1Cc2ccc(C(=O)N3CCN(c4ccccn4)CC3)n2Cc2ccccc21. The molecule has 4 heterocycles. The normalized spacial score (nSPS) is 14.3. The molecule has 0 radical (unpaired) electrons. The Hall–Kier alpha value is -5.89. The Morgan fingerprint density at radius 1 is 0.729 bits per heavy atom. The van der Waals surface area contributed by atoms with Gasteiger partial charge in [-0.2, -0.15) is 0 Å². The number of para-hydroxylation sites is 1. The van der Waals surface area contributed by atoms with E-state index in [2.05, 4.69) is 38.7 Å². The third-order valence-electron chi connectivity index (χ3n) is 9.54. The molecular weight excluding hydrogens is 598 g/mol. The van der Waals surface area contributed by atoms with Crippen LogP contribution in [0.1, 0.15) is 32.1 Å². The van der Waals surface area contributed by atoms with Crippen LogP contribution in [0.3, 0.4) is 0 Å². The van der Waals surface area contributed by atoms with E-state index in [0.717, 1.165) is 57.8 Å². The van der Waals surface area contributed by atoms with Crippen LogP contribution in [-0.4, -0.2) is 59.6 Å². The van der Waals surface area contributed by atoms with Gasteiger partial charge < -0.3 is 24.0 Å². The predicted octanol–water partition coefficient (Wildman–Crippen LogP) is 6.88. The van der Waals surface area contributed by atoms with Gasteiger partial charge in [0.15, 0.2) is 0 Å². The zero-order chi connectivity index (χ0) is 32.6. The summed E-state index contributed by atoms with van der Waals surface area (Å²) in [5.74, 6) is 1.30. The van der Waals surface area contributed by atoms with Gasteiger partial charge in [0.2, 0.25) is 0 Å². The third kappa shape index (κ3) is 5.25. The number of piperazine rings is 1. The van der Waals surface area contributed by atoms with Crippen LogP contribution in [0.25, 0.3) is 21.9 Å². The molecule has 4 aromatic carbocycles. The number of nitrogens with zero attached hydrogens (tertiary/aromatic N) is 5. The zero-order valence-corrected chi connectivity index (χ0v) is 26.8. The van der Waals surface area contributed by atoms with Crippen molar-refractivity contribution in [1.82, 2.24) is 14.5 Å². The first kappa shape index (κ1) is 29.5. The van der Waals surface area contributed by atoms with Gasteiger partial charge in [-0.05, 0) is 69.9 Å². The number of hydrogen-bond acceptors (Lipinski definition) is 5. The number of rotatable bonds is 5. The Kier molecular flexibility index (Phi) is 7.61. The Bertz CT molecular complexity index is 2140. The van der Waals surface area contributed by atoms with Gasteiger partial charge in [0.25, 0.3) is 11.8 Å². The van der Waals surface area contributed by atoms with E-state index in [1.807, 2.05) is 101 Å². The number of ether oxygens (including phenoxy) is 1. The van der Waals surface area contributed by atoms with Crippen LogP contribution in [0.2, 0.25) is 0 Å². The summed E-state index contributed by atoms with van der Waals surface area (Å²) in [4.78, 5) is 38.8. The number of fused-ring (bicyclic) bond motifs is 3. The first-order chi connectivity index (χ1) is 23.6. The van der Waals surface area contributed by atoms with E-state index in [4.69, 9.17) is 4.74 Å². The lowest BCUT2D eigenvalue weighted by atomic mass is 9.97. The first-order valence-corrected chi connectivity index (χ1v) is 16.3. The number of methoxy groups -OCH3 is 1. The number of carbonyl (C=O) groups excluding carboxylic acids is 2. The Morgan fingerprint density at radius 3 is 2.35 bits per heavy atom. The zero-order valence-electron chi connectivity index (χ0n) is 26.8. The third-order valence-corrected chi connectivity index (χ3v) is 9.54. The Balaban J connectivity index is 1.08. The second-order valence-corrected chi connectivity index (χ2v) is 12.2. The lowest BCUT2D eigenvalue weighted by molar-refractivity contribution is 0.0735. The van der Waals surface area contributed by atoms with Crippen molar-refractivity contribution >= 4 is 34.1 Å². The lowest BCUT2D eigenvalue weighted by Crippen LogP contribution is -2.49. The molecule has 0 spiro atoms. The molecule has 2 aliphatic heterocycles. The van der Waals surface area contributed by atoms with Gasteiger partial charge in [0, 0.05) is 43.8 Å². The minimum Gasteiger partial charge on any atom is -0.496 e. The fraction of sp³-hybridized carbons (Fsp3) is 0.175. The van der Waals surface area contributed by atoms with E-state index < -0.39 is 0 Å². The van der Waals surface area contributed by atoms with Crippen LogP contribution in [0, 0.1) is 0 Å². The van der Waals surface area contributed by atoms with Crippen molar-refractivity contribution in [3.63, 3.8) is 0 Å². The standard InChI is InChI=1S/C40H35N5O3/c1-48-37-25-29(33-13-8-11-28-9-2-4-12-32(28)33)16-18-34(37)39(46)45-27-31-17-19-36(44(31)26-30-10-3-5-14-35(30)45)40(47)43-23-21-42(22-24-43)38-15-6-7-20-41-38/h2-20,25H,21-24,26-27H2,1H3. The summed E-state index contributed by atoms with van der Waals surface area (Å²) >= 11 is 0. The maximum Gasteiger partial charge on any atom is 0.270 e. The predicted molar refractivity (Wildman–Crippen MR) is 189 cm³/mol. The molecule has 0 N–H and O–H groups in total. The van der Waals surface area contributed by atoms with Crippen LogP contribution in [0.5, 0.6) is 5.75 Å². The minimum absolute atomic E-state index is 0.00451. The van der Waals surface area contributed by atoms with Gasteiger partial charge in [-0.3, -0.25) is 9.59 Å². The molecule has 2 aromatic heterocycles. The highest BCUT2D eigenvalue weighted by atomic mass is 16.5. The van der Waals surface area contributed by atoms with Crippen molar-refractivity contribution in [1.29, 1.82) is 0 Å². The molecule has 238 valence electrons. The fourth-order valence-corrected chi connectivity index (χ4v) is 7.03. The average molecular weight is 634 g/mol. The Morgan fingerprint density at radius 2 is 1.52 bits per heavy atom. The number of amides is 2. The number of aromatic nitrogens is 2. The van der Waals surface area contributed by atoms with Crippen LogP contribution in [0.15, 0.2) is 121 Å². The molecule has 0 saturated carbocycles. The van der Waals surface area contributed by atoms with E-state index in [9.17, 15) is 9.59 Å². The largest absolute Gasteiger partial charge is 0.496 e. The highest BCUT2D eigenvalue weighted by Gasteiger charge is 2.31. The van der Waals surface area contributed by atoms with Crippen LogP contribution in [-0.2, 0) is 13.1 Å².